The molecule has 0 bridgehead atoms. The molecule has 2 fully saturated rings. The normalized spacial score (nSPS) is 22.5. The van der Waals surface area contributed by atoms with Gasteiger partial charge in [0.1, 0.15) is 5.82 Å². The van der Waals surface area contributed by atoms with Gasteiger partial charge in [-0.05, 0) is 36.5 Å². The quantitative estimate of drug-likeness (QED) is 0.819. The van der Waals surface area contributed by atoms with Gasteiger partial charge in [0.2, 0.25) is 0 Å². The number of hydrogen-bond acceptors (Lipinski definition) is 2. The minimum absolute atomic E-state index is 0.0178. The van der Waals surface area contributed by atoms with Gasteiger partial charge in [-0.1, -0.05) is 25.3 Å². The maximum atomic E-state index is 14.1. The van der Waals surface area contributed by atoms with E-state index in [1.807, 2.05) is 0 Å². The van der Waals surface area contributed by atoms with Gasteiger partial charge >= 0.3 is 6.18 Å². The van der Waals surface area contributed by atoms with E-state index in [1.54, 1.807) is 0 Å². The first-order valence-electron chi connectivity index (χ1n) is 8.78. The number of nitrogens with one attached hydrogen (secondary N) is 1. The standard InChI is InChI=1S/C18H24F4N2/c19-16-12-14(6-7-15(16)18(20,21)22)17(13-4-2-1-3-5-13)24-10-8-23-9-11-24/h6-7,12-13,17,23H,1-5,8-11H2/t17-/m0/s1. The molecule has 1 atom stereocenters. The second kappa shape index (κ2) is 7.40. The summed E-state index contributed by atoms with van der Waals surface area (Å²) in [5.41, 5.74) is -0.483. The van der Waals surface area contributed by atoms with Gasteiger partial charge in [-0.25, -0.2) is 4.39 Å². The second-order valence-corrected chi connectivity index (χ2v) is 6.87. The zero-order valence-electron chi connectivity index (χ0n) is 13.7. The van der Waals surface area contributed by atoms with Gasteiger partial charge in [0.15, 0.2) is 0 Å². The summed E-state index contributed by atoms with van der Waals surface area (Å²) in [7, 11) is 0. The Balaban J connectivity index is 1.90. The topological polar surface area (TPSA) is 15.3 Å². The van der Waals surface area contributed by atoms with Gasteiger partial charge in [-0.3, -0.25) is 4.90 Å². The molecule has 3 rings (SSSR count). The monoisotopic (exact) mass is 344 g/mol. The number of benzene rings is 1. The van der Waals surface area contributed by atoms with E-state index in [2.05, 4.69) is 10.2 Å². The van der Waals surface area contributed by atoms with Crippen LogP contribution in [0.15, 0.2) is 18.2 Å². The molecule has 2 aliphatic rings. The van der Waals surface area contributed by atoms with Gasteiger partial charge in [0, 0.05) is 32.2 Å². The Kier molecular flexibility index (Phi) is 5.45. The molecule has 6 heteroatoms. The van der Waals surface area contributed by atoms with Crippen molar-refractivity contribution >= 4 is 0 Å². The zero-order chi connectivity index (χ0) is 17.2. The summed E-state index contributed by atoms with van der Waals surface area (Å²) in [6.07, 6.45) is 1.01. The van der Waals surface area contributed by atoms with Crippen LogP contribution in [0.4, 0.5) is 17.6 Å². The average Bonchev–Trinajstić information content (AvgIpc) is 2.56. The third-order valence-electron chi connectivity index (χ3n) is 5.28. The molecule has 134 valence electrons. The molecule has 0 aromatic heterocycles. The third kappa shape index (κ3) is 3.91. The molecule has 0 amide bonds. The second-order valence-electron chi connectivity index (χ2n) is 6.87. The SMILES string of the molecule is Fc1cc([C@H](C2CCCCC2)N2CCNCC2)ccc1C(F)(F)F. The molecule has 0 unspecified atom stereocenters. The van der Waals surface area contributed by atoms with E-state index in [-0.39, 0.29) is 6.04 Å². The van der Waals surface area contributed by atoms with Gasteiger partial charge in [0.05, 0.1) is 5.56 Å². The number of hydrogen-bond donors (Lipinski definition) is 1. The molecule has 2 nitrogen and oxygen atoms in total. The maximum Gasteiger partial charge on any atom is 0.419 e. The number of piperazine rings is 1. The summed E-state index contributed by atoms with van der Waals surface area (Å²) >= 11 is 0. The molecule has 0 radical (unpaired) electrons. The van der Waals surface area contributed by atoms with Crippen LogP contribution >= 0.6 is 0 Å². The van der Waals surface area contributed by atoms with Crippen molar-refractivity contribution in [1.29, 1.82) is 0 Å². The zero-order valence-corrected chi connectivity index (χ0v) is 13.7. The molecular weight excluding hydrogens is 320 g/mol. The molecule has 1 heterocycles. The lowest BCUT2D eigenvalue weighted by Crippen LogP contribution is -2.47. The van der Waals surface area contributed by atoms with Crippen LogP contribution in [0.1, 0.15) is 49.3 Å². The fourth-order valence-corrected chi connectivity index (χ4v) is 4.14. The van der Waals surface area contributed by atoms with Crippen LogP contribution in [0.2, 0.25) is 0 Å². The fourth-order valence-electron chi connectivity index (χ4n) is 4.14. The van der Waals surface area contributed by atoms with Gasteiger partial charge in [-0.15, -0.1) is 0 Å². The maximum absolute atomic E-state index is 14.1. The van der Waals surface area contributed by atoms with E-state index >= 15 is 0 Å². The van der Waals surface area contributed by atoms with Crippen LogP contribution in [-0.2, 0) is 6.18 Å². The Bertz CT molecular complexity index is 528. The number of rotatable bonds is 3. The molecule has 0 spiro atoms. The van der Waals surface area contributed by atoms with Crippen molar-refractivity contribution in [3.05, 3.63) is 35.1 Å². The highest BCUT2D eigenvalue weighted by molar-refractivity contribution is 5.29. The molecular formula is C18H24F4N2. The summed E-state index contributed by atoms with van der Waals surface area (Å²) < 4.78 is 52.6. The Hall–Kier alpha value is -1.14. The van der Waals surface area contributed by atoms with Crippen molar-refractivity contribution in [1.82, 2.24) is 10.2 Å². The summed E-state index contributed by atoms with van der Waals surface area (Å²) in [6, 6.07) is 3.52. The molecule has 1 aliphatic heterocycles. The van der Waals surface area contributed by atoms with Gasteiger partial charge in [0.25, 0.3) is 0 Å². The van der Waals surface area contributed by atoms with Crippen LogP contribution < -0.4 is 5.32 Å². The molecule has 1 N–H and O–H groups in total. The Labute approximate surface area is 140 Å². The Morgan fingerprint density at radius 2 is 1.71 bits per heavy atom. The lowest BCUT2D eigenvalue weighted by atomic mass is 9.80. The third-order valence-corrected chi connectivity index (χ3v) is 5.28. The van der Waals surface area contributed by atoms with Gasteiger partial charge < -0.3 is 5.32 Å². The van der Waals surface area contributed by atoms with Crippen LogP contribution in [0.25, 0.3) is 0 Å². The highest BCUT2D eigenvalue weighted by Crippen LogP contribution is 2.40. The molecule has 1 aromatic rings. The van der Waals surface area contributed by atoms with Gasteiger partial charge in [-0.2, -0.15) is 13.2 Å². The smallest absolute Gasteiger partial charge is 0.314 e. The molecule has 1 aliphatic carbocycles. The van der Waals surface area contributed by atoms with Crippen molar-refractivity contribution in [2.75, 3.05) is 26.2 Å². The number of alkyl halides is 3. The largest absolute Gasteiger partial charge is 0.419 e. The summed E-state index contributed by atoms with van der Waals surface area (Å²) in [6.45, 7) is 3.44. The van der Waals surface area contributed by atoms with Crippen molar-refractivity contribution in [3.63, 3.8) is 0 Å². The summed E-state index contributed by atoms with van der Waals surface area (Å²) in [5.74, 6) is -0.760. The Morgan fingerprint density at radius 1 is 1.04 bits per heavy atom. The minimum atomic E-state index is -4.64. The summed E-state index contributed by atoms with van der Waals surface area (Å²) in [5, 5.41) is 3.30. The predicted octanol–water partition coefficient (Wildman–Crippen LogP) is 4.37. The van der Waals surface area contributed by atoms with E-state index in [1.165, 1.54) is 12.5 Å². The molecule has 1 saturated carbocycles. The lowest BCUT2D eigenvalue weighted by molar-refractivity contribution is -0.140. The van der Waals surface area contributed by atoms with Crippen LogP contribution in [0.3, 0.4) is 0 Å². The summed E-state index contributed by atoms with van der Waals surface area (Å²) in [4.78, 5) is 2.31. The number of halogens is 4. The van der Waals surface area contributed by atoms with Crippen molar-refractivity contribution < 1.29 is 17.6 Å². The first kappa shape index (κ1) is 17.7. The molecule has 24 heavy (non-hydrogen) atoms. The van der Waals surface area contributed by atoms with E-state index in [4.69, 9.17) is 0 Å². The minimum Gasteiger partial charge on any atom is -0.314 e. The first-order chi connectivity index (χ1) is 11.5. The average molecular weight is 344 g/mol. The fraction of sp³-hybridized carbons (Fsp3) is 0.667. The molecule has 1 saturated heterocycles. The first-order valence-corrected chi connectivity index (χ1v) is 8.78. The van der Waals surface area contributed by atoms with Crippen LogP contribution in [0.5, 0.6) is 0 Å². The van der Waals surface area contributed by atoms with Crippen LogP contribution in [-0.4, -0.2) is 31.1 Å². The highest BCUT2D eigenvalue weighted by atomic mass is 19.4. The van der Waals surface area contributed by atoms with Crippen molar-refractivity contribution in [2.45, 2.75) is 44.3 Å². The predicted molar refractivity (Wildman–Crippen MR) is 85.2 cm³/mol. The molecule has 1 aromatic carbocycles. The van der Waals surface area contributed by atoms with E-state index in [0.717, 1.165) is 64.0 Å². The highest BCUT2D eigenvalue weighted by Gasteiger charge is 2.36. The Morgan fingerprint density at radius 3 is 2.29 bits per heavy atom. The van der Waals surface area contributed by atoms with E-state index in [0.29, 0.717) is 11.5 Å². The lowest BCUT2D eigenvalue weighted by Gasteiger charge is -2.41. The number of nitrogens with zero attached hydrogens (tertiary/aromatic N) is 1. The van der Waals surface area contributed by atoms with E-state index < -0.39 is 17.6 Å². The van der Waals surface area contributed by atoms with E-state index in [9.17, 15) is 17.6 Å². The van der Waals surface area contributed by atoms with Crippen LogP contribution in [0, 0.1) is 11.7 Å². The van der Waals surface area contributed by atoms with Crippen molar-refractivity contribution in [2.24, 2.45) is 5.92 Å². The van der Waals surface area contributed by atoms with Crippen molar-refractivity contribution in [3.8, 4) is 0 Å².